The van der Waals surface area contributed by atoms with Gasteiger partial charge in [-0.3, -0.25) is 4.57 Å². The molecule has 0 saturated heterocycles. The molecule has 0 aliphatic carbocycles. The number of aromatic nitrogens is 3. The zero-order chi connectivity index (χ0) is 29.5. The van der Waals surface area contributed by atoms with E-state index in [4.69, 9.17) is 14.4 Å². The Morgan fingerprint density at radius 3 is 1.87 bits per heavy atom. The maximum absolute atomic E-state index is 6.73. The maximum Gasteiger partial charge on any atom is 0.235 e. The molecule has 0 amide bonds. The van der Waals surface area contributed by atoms with Crippen molar-refractivity contribution in [2.75, 3.05) is 0 Å². The number of hydrogen-bond donors (Lipinski definition) is 0. The van der Waals surface area contributed by atoms with Gasteiger partial charge in [-0.1, -0.05) is 115 Å². The van der Waals surface area contributed by atoms with E-state index in [2.05, 4.69) is 126 Å². The van der Waals surface area contributed by atoms with E-state index < -0.39 is 0 Å². The Morgan fingerprint density at radius 2 is 1.13 bits per heavy atom. The van der Waals surface area contributed by atoms with Crippen LogP contribution >= 0.6 is 11.3 Å². The molecule has 4 aromatic heterocycles. The van der Waals surface area contributed by atoms with E-state index >= 15 is 0 Å². The van der Waals surface area contributed by atoms with Crippen LogP contribution in [-0.2, 0) is 0 Å². The summed E-state index contributed by atoms with van der Waals surface area (Å²) in [6, 6.07) is 48.5. The lowest BCUT2D eigenvalue weighted by molar-refractivity contribution is 0.673. The van der Waals surface area contributed by atoms with E-state index in [0.717, 1.165) is 55.5 Å². The highest BCUT2D eigenvalue weighted by Gasteiger charge is 2.26. The molecule has 4 heterocycles. The van der Waals surface area contributed by atoms with E-state index in [1.54, 1.807) is 11.3 Å². The minimum atomic E-state index is 0.631. The topological polar surface area (TPSA) is 43.9 Å². The second kappa shape index (κ2) is 9.36. The lowest BCUT2D eigenvalue weighted by Gasteiger charge is -2.12. The fourth-order valence-electron chi connectivity index (χ4n) is 6.88. The zero-order valence-corrected chi connectivity index (χ0v) is 24.8. The SMILES string of the molecule is c1ccc(-c2cc(-c3ccccc3)nc(-n3c4ccccc4c4c5c6ccccc6sc5c5oc6ccccc6c5c43)n2)cc1. The van der Waals surface area contributed by atoms with Gasteiger partial charge in [0, 0.05) is 42.8 Å². The Labute approximate surface area is 261 Å². The minimum Gasteiger partial charge on any atom is -0.454 e. The van der Waals surface area contributed by atoms with Crippen molar-refractivity contribution < 1.29 is 4.42 Å². The van der Waals surface area contributed by atoms with Gasteiger partial charge in [0.25, 0.3) is 0 Å². The molecular weight excluding hydrogens is 571 g/mol. The van der Waals surface area contributed by atoms with Gasteiger partial charge in [0.1, 0.15) is 5.58 Å². The molecule has 210 valence electrons. The van der Waals surface area contributed by atoms with Crippen molar-refractivity contribution >= 4 is 75.3 Å². The van der Waals surface area contributed by atoms with Gasteiger partial charge in [0.15, 0.2) is 5.58 Å². The predicted octanol–water partition coefficient (Wildman–Crippen LogP) is 11.2. The molecule has 0 atom stereocenters. The molecule has 10 aromatic rings. The molecule has 0 N–H and O–H groups in total. The largest absolute Gasteiger partial charge is 0.454 e. The number of thiophene rings is 1. The van der Waals surface area contributed by atoms with E-state index in [1.807, 2.05) is 18.2 Å². The van der Waals surface area contributed by atoms with Crippen molar-refractivity contribution in [2.45, 2.75) is 0 Å². The van der Waals surface area contributed by atoms with Gasteiger partial charge in [-0.2, -0.15) is 0 Å². The molecule has 0 bridgehead atoms. The average Bonchev–Trinajstić information content (AvgIpc) is 3.79. The highest BCUT2D eigenvalue weighted by Crippen LogP contribution is 2.50. The Bertz CT molecular complexity index is 2700. The van der Waals surface area contributed by atoms with Gasteiger partial charge in [-0.15, -0.1) is 11.3 Å². The van der Waals surface area contributed by atoms with Crippen LogP contribution in [0.5, 0.6) is 0 Å². The summed E-state index contributed by atoms with van der Waals surface area (Å²) in [4.78, 5) is 10.6. The van der Waals surface area contributed by atoms with Crippen LogP contribution in [0.2, 0.25) is 0 Å². The third-order valence-electron chi connectivity index (χ3n) is 8.81. The molecule has 0 aliphatic heterocycles. The van der Waals surface area contributed by atoms with Crippen LogP contribution < -0.4 is 0 Å². The zero-order valence-electron chi connectivity index (χ0n) is 23.9. The molecule has 0 aliphatic rings. The Balaban J connectivity index is 1.46. The number of benzene rings is 6. The Kier molecular flexibility index (Phi) is 5.12. The van der Waals surface area contributed by atoms with E-state index in [9.17, 15) is 0 Å². The molecular formula is C40H23N3OS. The average molecular weight is 594 g/mol. The second-order valence-corrected chi connectivity index (χ2v) is 12.4. The first kappa shape index (κ1) is 24.6. The molecule has 4 nitrogen and oxygen atoms in total. The van der Waals surface area contributed by atoms with E-state index in [0.29, 0.717) is 5.95 Å². The van der Waals surface area contributed by atoms with Crippen LogP contribution in [0.3, 0.4) is 0 Å². The summed E-state index contributed by atoms with van der Waals surface area (Å²) in [6.45, 7) is 0. The van der Waals surface area contributed by atoms with Crippen molar-refractivity contribution in [1.29, 1.82) is 0 Å². The van der Waals surface area contributed by atoms with Crippen molar-refractivity contribution in [3.63, 3.8) is 0 Å². The third-order valence-corrected chi connectivity index (χ3v) is 9.98. The molecule has 0 unspecified atom stereocenters. The molecule has 0 radical (unpaired) electrons. The monoisotopic (exact) mass is 593 g/mol. The number of nitrogens with zero attached hydrogens (tertiary/aromatic N) is 3. The molecule has 0 spiro atoms. The van der Waals surface area contributed by atoms with Crippen LogP contribution in [0, 0.1) is 0 Å². The summed E-state index contributed by atoms with van der Waals surface area (Å²) < 4.78 is 11.4. The van der Waals surface area contributed by atoms with Gasteiger partial charge in [0.05, 0.1) is 32.5 Å². The molecule has 0 saturated carbocycles. The number of fused-ring (bicyclic) bond motifs is 12. The first-order valence-corrected chi connectivity index (χ1v) is 15.8. The number of furan rings is 1. The van der Waals surface area contributed by atoms with Gasteiger partial charge in [-0.05, 0) is 24.3 Å². The Morgan fingerprint density at radius 1 is 0.533 bits per heavy atom. The van der Waals surface area contributed by atoms with Crippen LogP contribution in [0.15, 0.2) is 144 Å². The normalized spacial score (nSPS) is 12.0. The summed E-state index contributed by atoms with van der Waals surface area (Å²) in [5.41, 5.74) is 7.75. The smallest absolute Gasteiger partial charge is 0.235 e. The lowest BCUT2D eigenvalue weighted by atomic mass is 10.0. The van der Waals surface area contributed by atoms with Gasteiger partial charge in [-0.25, -0.2) is 9.97 Å². The molecule has 10 rings (SSSR count). The predicted molar refractivity (Wildman–Crippen MR) is 187 cm³/mol. The summed E-state index contributed by atoms with van der Waals surface area (Å²) in [7, 11) is 0. The summed E-state index contributed by atoms with van der Waals surface area (Å²) in [5, 5.41) is 7.00. The number of hydrogen-bond acceptors (Lipinski definition) is 4. The van der Waals surface area contributed by atoms with Crippen LogP contribution in [0.25, 0.3) is 92.4 Å². The first-order valence-electron chi connectivity index (χ1n) is 15.0. The Hall–Kier alpha value is -5.78. The van der Waals surface area contributed by atoms with Crippen LogP contribution in [-0.4, -0.2) is 14.5 Å². The lowest BCUT2D eigenvalue weighted by Crippen LogP contribution is -2.04. The molecule has 45 heavy (non-hydrogen) atoms. The fourth-order valence-corrected chi connectivity index (χ4v) is 8.08. The van der Waals surface area contributed by atoms with E-state index in [1.165, 1.54) is 30.9 Å². The van der Waals surface area contributed by atoms with Gasteiger partial charge >= 0.3 is 0 Å². The minimum absolute atomic E-state index is 0.631. The third kappa shape index (κ3) is 3.53. The number of para-hydroxylation sites is 2. The fraction of sp³-hybridized carbons (Fsp3) is 0. The molecule has 5 heteroatoms. The second-order valence-electron chi connectivity index (χ2n) is 11.4. The molecule has 0 fully saturated rings. The van der Waals surface area contributed by atoms with Gasteiger partial charge in [0.2, 0.25) is 5.95 Å². The first-order chi connectivity index (χ1) is 22.3. The molecule has 6 aromatic carbocycles. The van der Waals surface area contributed by atoms with Crippen molar-refractivity contribution in [3.8, 4) is 28.5 Å². The summed E-state index contributed by atoms with van der Waals surface area (Å²) in [6.07, 6.45) is 0. The van der Waals surface area contributed by atoms with Crippen molar-refractivity contribution in [2.24, 2.45) is 0 Å². The van der Waals surface area contributed by atoms with Crippen molar-refractivity contribution in [3.05, 3.63) is 140 Å². The number of rotatable bonds is 3. The standard InChI is InChI=1S/C40H23N3OS/c1-3-13-24(14-4-1)29-23-30(25-15-5-2-6-16-25)42-40(41-29)43-31-20-10-7-17-26(31)34-35-28-19-9-12-22-33(28)45-39(35)38-36(37(34)43)27-18-8-11-21-32(27)44-38/h1-23H. The quantitative estimate of drug-likeness (QED) is 0.205. The maximum atomic E-state index is 6.73. The highest BCUT2D eigenvalue weighted by molar-refractivity contribution is 7.27. The van der Waals surface area contributed by atoms with Gasteiger partial charge < -0.3 is 4.42 Å². The van der Waals surface area contributed by atoms with Crippen LogP contribution in [0.1, 0.15) is 0 Å². The highest BCUT2D eigenvalue weighted by atomic mass is 32.1. The van der Waals surface area contributed by atoms with Crippen LogP contribution in [0.4, 0.5) is 0 Å². The van der Waals surface area contributed by atoms with E-state index in [-0.39, 0.29) is 0 Å². The van der Waals surface area contributed by atoms with Crippen molar-refractivity contribution in [1.82, 2.24) is 14.5 Å². The summed E-state index contributed by atoms with van der Waals surface area (Å²) >= 11 is 1.80. The summed E-state index contributed by atoms with van der Waals surface area (Å²) in [5.74, 6) is 0.631.